The van der Waals surface area contributed by atoms with Crippen molar-refractivity contribution in [1.82, 2.24) is 5.32 Å². The van der Waals surface area contributed by atoms with Gasteiger partial charge in [0.25, 0.3) is 0 Å². The largest absolute Gasteiger partial charge is 0.465 e. The van der Waals surface area contributed by atoms with Gasteiger partial charge in [0.05, 0.1) is 18.4 Å². The highest BCUT2D eigenvalue weighted by molar-refractivity contribution is 5.97. The van der Waals surface area contributed by atoms with E-state index < -0.39 is 17.7 Å². The minimum Gasteiger partial charge on any atom is -0.465 e. The molecule has 6 nitrogen and oxygen atoms in total. The lowest BCUT2D eigenvalue weighted by Gasteiger charge is -2.19. The molecule has 0 aliphatic carbocycles. The number of hydrogen-bond donors (Lipinski definition) is 2. The number of hydrogen-bond acceptors (Lipinski definition) is 5. The number of amides is 1. The van der Waals surface area contributed by atoms with Crippen LogP contribution < -0.4 is 11.1 Å². The van der Waals surface area contributed by atoms with E-state index in [0.717, 1.165) is 0 Å². The molecule has 0 aliphatic rings. The first-order valence-corrected chi connectivity index (χ1v) is 6.85. The molecule has 0 atom stereocenters. The Bertz CT molecular complexity index is 574. The molecule has 6 heteroatoms. The molecule has 0 saturated heterocycles. The van der Waals surface area contributed by atoms with E-state index in [-0.39, 0.29) is 6.54 Å². The number of methoxy groups -OCH3 is 1. The van der Waals surface area contributed by atoms with Gasteiger partial charge in [-0.05, 0) is 32.4 Å². The second kappa shape index (κ2) is 7.49. The van der Waals surface area contributed by atoms with Crippen LogP contribution in [0.5, 0.6) is 0 Å². The SMILES string of the molecule is COC(=O)c1cccc(C=CCNC(=O)OC(C)(C)C)c1N. The Balaban J connectivity index is 2.64. The van der Waals surface area contributed by atoms with E-state index in [1.165, 1.54) is 7.11 Å². The maximum absolute atomic E-state index is 11.5. The molecule has 0 unspecified atom stereocenters. The van der Waals surface area contributed by atoms with Crippen LogP contribution in [0.1, 0.15) is 36.7 Å². The first kappa shape index (κ1) is 17.6. The molecule has 0 fully saturated rings. The smallest absolute Gasteiger partial charge is 0.407 e. The Hall–Kier alpha value is -2.50. The minimum atomic E-state index is -0.535. The van der Waals surface area contributed by atoms with Crippen molar-refractivity contribution < 1.29 is 19.1 Å². The topological polar surface area (TPSA) is 90.6 Å². The molecule has 1 aromatic carbocycles. The van der Waals surface area contributed by atoms with E-state index in [9.17, 15) is 9.59 Å². The molecule has 120 valence electrons. The fraction of sp³-hybridized carbons (Fsp3) is 0.375. The highest BCUT2D eigenvalue weighted by Crippen LogP contribution is 2.19. The van der Waals surface area contributed by atoms with Crippen LogP contribution in [0, 0.1) is 0 Å². The summed E-state index contributed by atoms with van der Waals surface area (Å²) in [6.07, 6.45) is 2.95. The van der Waals surface area contributed by atoms with Gasteiger partial charge in [0.15, 0.2) is 0 Å². The van der Waals surface area contributed by atoms with Gasteiger partial charge in [-0.15, -0.1) is 0 Å². The van der Waals surface area contributed by atoms with Gasteiger partial charge in [-0.3, -0.25) is 0 Å². The van der Waals surface area contributed by atoms with Crippen molar-refractivity contribution in [2.75, 3.05) is 19.4 Å². The van der Waals surface area contributed by atoms with E-state index >= 15 is 0 Å². The maximum Gasteiger partial charge on any atom is 0.407 e. The van der Waals surface area contributed by atoms with E-state index in [2.05, 4.69) is 10.1 Å². The molecular formula is C16H22N2O4. The van der Waals surface area contributed by atoms with Crippen LogP contribution in [0.3, 0.4) is 0 Å². The quantitative estimate of drug-likeness (QED) is 0.659. The number of rotatable bonds is 4. The zero-order chi connectivity index (χ0) is 16.8. The standard InChI is InChI=1S/C16H22N2O4/c1-16(2,3)22-15(20)18-10-6-8-11-7-5-9-12(13(11)17)14(19)21-4/h5-9H,10,17H2,1-4H3,(H,18,20). The zero-order valence-corrected chi connectivity index (χ0v) is 13.3. The highest BCUT2D eigenvalue weighted by Gasteiger charge is 2.15. The molecular weight excluding hydrogens is 284 g/mol. The molecule has 3 N–H and O–H groups in total. The summed E-state index contributed by atoms with van der Waals surface area (Å²) >= 11 is 0. The Morgan fingerprint density at radius 3 is 2.59 bits per heavy atom. The Morgan fingerprint density at radius 2 is 2.00 bits per heavy atom. The molecule has 0 spiro atoms. The predicted molar refractivity (Wildman–Crippen MR) is 85.5 cm³/mol. The summed E-state index contributed by atoms with van der Waals surface area (Å²) < 4.78 is 9.77. The maximum atomic E-state index is 11.5. The number of para-hydroxylation sites is 1. The second-order valence-electron chi connectivity index (χ2n) is 5.59. The van der Waals surface area contributed by atoms with Crippen LogP contribution in [0.15, 0.2) is 24.3 Å². The normalized spacial score (nSPS) is 11.3. The van der Waals surface area contributed by atoms with Crippen molar-refractivity contribution in [3.05, 3.63) is 35.4 Å². The van der Waals surface area contributed by atoms with Crippen molar-refractivity contribution in [1.29, 1.82) is 0 Å². The zero-order valence-electron chi connectivity index (χ0n) is 13.3. The number of anilines is 1. The molecule has 1 amide bonds. The summed E-state index contributed by atoms with van der Waals surface area (Å²) in [4.78, 5) is 23.0. The van der Waals surface area contributed by atoms with Crippen molar-refractivity contribution in [3.8, 4) is 0 Å². The molecule has 0 aliphatic heterocycles. The average Bonchev–Trinajstić information content (AvgIpc) is 2.42. The van der Waals surface area contributed by atoms with Crippen molar-refractivity contribution in [3.63, 3.8) is 0 Å². The second-order valence-corrected chi connectivity index (χ2v) is 5.59. The van der Waals surface area contributed by atoms with Crippen molar-refractivity contribution >= 4 is 23.8 Å². The molecule has 0 saturated carbocycles. The number of alkyl carbamates (subject to hydrolysis) is 1. The summed E-state index contributed by atoms with van der Waals surface area (Å²) in [7, 11) is 1.30. The van der Waals surface area contributed by atoms with Gasteiger partial charge in [0.1, 0.15) is 5.60 Å². The molecule has 0 radical (unpaired) electrons. The monoisotopic (exact) mass is 306 g/mol. The third-order valence-corrected chi connectivity index (χ3v) is 2.61. The Morgan fingerprint density at radius 1 is 1.32 bits per heavy atom. The first-order chi connectivity index (χ1) is 10.2. The first-order valence-electron chi connectivity index (χ1n) is 6.85. The van der Waals surface area contributed by atoms with E-state index in [1.807, 2.05) is 0 Å². The molecule has 0 heterocycles. The van der Waals surface area contributed by atoms with Crippen LogP contribution in [0.4, 0.5) is 10.5 Å². The van der Waals surface area contributed by atoms with Gasteiger partial charge in [-0.1, -0.05) is 24.3 Å². The van der Waals surface area contributed by atoms with Gasteiger partial charge in [-0.2, -0.15) is 0 Å². The Kier molecular flexibility index (Phi) is 5.98. The summed E-state index contributed by atoms with van der Waals surface area (Å²) in [5.74, 6) is -0.486. The minimum absolute atomic E-state index is 0.288. The molecule has 1 rings (SSSR count). The fourth-order valence-corrected chi connectivity index (χ4v) is 1.66. The number of benzene rings is 1. The number of ether oxygens (including phenoxy) is 2. The molecule has 22 heavy (non-hydrogen) atoms. The summed E-state index contributed by atoms with van der Waals surface area (Å²) in [6.45, 7) is 5.67. The lowest BCUT2D eigenvalue weighted by Crippen LogP contribution is -2.32. The van der Waals surface area contributed by atoms with Gasteiger partial charge >= 0.3 is 12.1 Å². The number of carbonyl (C=O) groups excluding carboxylic acids is 2. The summed E-state index contributed by atoms with van der Waals surface area (Å²) in [6, 6.07) is 5.08. The van der Waals surface area contributed by atoms with Gasteiger partial charge in [0.2, 0.25) is 0 Å². The number of nitrogens with one attached hydrogen (secondary N) is 1. The van der Waals surface area contributed by atoms with E-state index in [1.54, 1.807) is 51.1 Å². The van der Waals surface area contributed by atoms with Crippen LogP contribution in [-0.4, -0.2) is 31.3 Å². The van der Waals surface area contributed by atoms with Crippen molar-refractivity contribution in [2.24, 2.45) is 0 Å². The predicted octanol–water partition coefficient (Wildman–Crippen LogP) is 2.59. The van der Waals surface area contributed by atoms with E-state index in [4.69, 9.17) is 10.5 Å². The highest BCUT2D eigenvalue weighted by atomic mass is 16.6. The third kappa shape index (κ3) is 5.47. The summed E-state index contributed by atoms with van der Waals surface area (Å²) in [5, 5.41) is 2.60. The molecule has 1 aromatic rings. The number of esters is 1. The number of carbonyl (C=O) groups is 2. The average molecular weight is 306 g/mol. The fourth-order valence-electron chi connectivity index (χ4n) is 1.66. The van der Waals surface area contributed by atoms with Crippen LogP contribution in [0.2, 0.25) is 0 Å². The third-order valence-electron chi connectivity index (χ3n) is 2.61. The lowest BCUT2D eigenvalue weighted by atomic mass is 10.1. The van der Waals surface area contributed by atoms with Gasteiger partial charge in [-0.25, -0.2) is 9.59 Å². The van der Waals surface area contributed by atoms with Gasteiger partial charge < -0.3 is 20.5 Å². The van der Waals surface area contributed by atoms with Crippen LogP contribution >= 0.6 is 0 Å². The van der Waals surface area contributed by atoms with Crippen molar-refractivity contribution in [2.45, 2.75) is 26.4 Å². The van der Waals surface area contributed by atoms with E-state index in [0.29, 0.717) is 16.8 Å². The molecule has 0 bridgehead atoms. The van der Waals surface area contributed by atoms with Crippen LogP contribution in [-0.2, 0) is 9.47 Å². The number of nitrogens with two attached hydrogens (primary N) is 1. The Labute approximate surface area is 130 Å². The van der Waals surface area contributed by atoms with Crippen LogP contribution in [0.25, 0.3) is 6.08 Å². The molecule has 0 aromatic heterocycles. The summed E-state index contributed by atoms with van der Waals surface area (Å²) in [5.41, 5.74) is 6.71. The van der Waals surface area contributed by atoms with Gasteiger partial charge in [0, 0.05) is 6.54 Å². The number of nitrogen functional groups attached to an aromatic ring is 1. The lowest BCUT2D eigenvalue weighted by molar-refractivity contribution is 0.0532.